The number of hydrogen-bond acceptors (Lipinski definition) is 5. The number of halogens is 3. The predicted octanol–water partition coefficient (Wildman–Crippen LogP) is 3.17. The van der Waals surface area contributed by atoms with Crippen LogP contribution in [0.25, 0.3) is 11.1 Å². The summed E-state index contributed by atoms with van der Waals surface area (Å²) in [7, 11) is -3.33. The van der Waals surface area contributed by atoms with Gasteiger partial charge in [-0.3, -0.25) is 4.79 Å². The lowest BCUT2D eigenvalue weighted by atomic mass is 10.0. The number of benzene rings is 2. The van der Waals surface area contributed by atoms with Crippen LogP contribution in [0.15, 0.2) is 42.5 Å². The summed E-state index contributed by atoms with van der Waals surface area (Å²) in [5.74, 6) is -0.242. The number of carbonyl (C=O) groups is 1. The molecule has 0 aromatic heterocycles. The van der Waals surface area contributed by atoms with Crippen LogP contribution in [0, 0.1) is 0 Å². The molecule has 7 nitrogen and oxygen atoms in total. The SMILES string of the molecule is O=C1c2cc(-c3ccc(OC(F)(F)F)cc3)ccc2OCCN1CCNS(=O)(=O)C1CC1. The second kappa shape index (κ2) is 8.62. The Morgan fingerprint density at radius 2 is 1.78 bits per heavy atom. The molecule has 2 aromatic carbocycles. The van der Waals surface area contributed by atoms with Gasteiger partial charge in [0.25, 0.3) is 5.91 Å². The number of fused-ring (bicyclic) bond motifs is 1. The Hall–Kier alpha value is -2.79. The Balaban J connectivity index is 1.48. The summed E-state index contributed by atoms with van der Waals surface area (Å²) >= 11 is 0. The minimum Gasteiger partial charge on any atom is -0.491 e. The number of alkyl halides is 3. The van der Waals surface area contributed by atoms with Gasteiger partial charge in [0, 0.05) is 13.1 Å². The monoisotopic (exact) mass is 470 g/mol. The van der Waals surface area contributed by atoms with E-state index in [0.29, 0.717) is 41.8 Å². The molecule has 2 aliphatic rings. The molecule has 0 saturated heterocycles. The molecular weight excluding hydrogens is 449 g/mol. The maximum Gasteiger partial charge on any atom is 0.573 e. The van der Waals surface area contributed by atoms with Gasteiger partial charge in [0.2, 0.25) is 10.0 Å². The Morgan fingerprint density at radius 3 is 2.44 bits per heavy atom. The zero-order valence-electron chi connectivity index (χ0n) is 16.9. The van der Waals surface area contributed by atoms with Gasteiger partial charge in [-0.1, -0.05) is 18.2 Å². The van der Waals surface area contributed by atoms with Gasteiger partial charge in [-0.25, -0.2) is 13.1 Å². The van der Waals surface area contributed by atoms with Crippen molar-refractivity contribution in [3.8, 4) is 22.6 Å². The predicted molar refractivity (Wildman–Crippen MR) is 110 cm³/mol. The Morgan fingerprint density at radius 1 is 1.09 bits per heavy atom. The van der Waals surface area contributed by atoms with E-state index >= 15 is 0 Å². The van der Waals surface area contributed by atoms with Crippen LogP contribution in [-0.4, -0.2) is 57.1 Å². The van der Waals surface area contributed by atoms with Gasteiger partial charge in [-0.15, -0.1) is 13.2 Å². The first-order chi connectivity index (χ1) is 15.1. The number of ether oxygens (including phenoxy) is 2. The van der Waals surface area contributed by atoms with Crippen LogP contribution >= 0.6 is 0 Å². The summed E-state index contributed by atoms with van der Waals surface area (Å²) in [5.41, 5.74) is 1.53. The van der Waals surface area contributed by atoms with Crippen molar-refractivity contribution in [1.29, 1.82) is 0 Å². The third kappa shape index (κ3) is 5.33. The van der Waals surface area contributed by atoms with E-state index in [-0.39, 0.29) is 36.6 Å². The summed E-state index contributed by atoms with van der Waals surface area (Å²) in [6, 6.07) is 10.3. The molecule has 0 atom stereocenters. The fraction of sp³-hybridized carbons (Fsp3) is 0.381. The van der Waals surface area contributed by atoms with Crippen LogP contribution < -0.4 is 14.2 Å². The number of amides is 1. The fourth-order valence-electron chi connectivity index (χ4n) is 3.42. The highest BCUT2D eigenvalue weighted by Crippen LogP contribution is 2.31. The maximum atomic E-state index is 13.1. The van der Waals surface area contributed by atoms with Crippen LogP contribution in [0.4, 0.5) is 13.2 Å². The minimum atomic E-state index is -4.77. The van der Waals surface area contributed by atoms with Crippen molar-refractivity contribution in [3.05, 3.63) is 48.0 Å². The standard InChI is InChI=1S/C21H21F3N2O5S/c22-21(23,24)31-16-4-1-14(2-5-16)15-3-8-19-18(13-15)20(27)26(11-12-30-19)10-9-25-32(28,29)17-6-7-17/h1-5,8,13,17,25H,6-7,9-12H2. The maximum absolute atomic E-state index is 13.1. The summed E-state index contributed by atoms with van der Waals surface area (Å²) in [4.78, 5) is 14.6. The Bertz CT molecular complexity index is 1100. The zero-order valence-corrected chi connectivity index (χ0v) is 17.7. The van der Waals surface area contributed by atoms with Crippen molar-refractivity contribution in [3.63, 3.8) is 0 Å². The van der Waals surface area contributed by atoms with Crippen LogP contribution in [-0.2, 0) is 10.0 Å². The highest BCUT2D eigenvalue weighted by atomic mass is 32.2. The van der Waals surface area contributed by atoms with E-state index in [0.717, 1.165) is 0 Å². The lowest BCUT2D eigenvalue weighted by Gasteiger charge is -2.20. The van der Waals surface area contributed by atoms with E-state index in [9.17, 15) is 26.4 Å². The van der Waals surface area contributed by atoms with E-state index in [1.165, 1.54) is 29.2 Å². The first kappa shape index (κ1) is 22.4. The summed E-state index contributed by atoms with van der Waals surface area (Å²) < 4.78 is 73.1. The largest absolute Gasteiger partial charge is 0.573 e. The summed E-state index contributed by atoms with van der Waals surface area (Å²) in [6.07, 6.45) is -3.46. The number of nitrogens with one attached hydrogen (secondary N) is 1. The molecule has 1 heterocycles. The van der Waals surface area contributed by atoms with E-state index in [4.69, 9.17) is 4.74 Å². The molecule has 0 radical (unpaired) electrons. The van der Waals surface area contributed by atoms with Crippen molar-refractivity contribution in [2.45, 2.75) is 24.5 Å². The highest BCUT2D eigenvalue weighted by Gasteiger charge is 2.35. The van der Waals surface area contributed by atoms with Gasteiger partial charge in [0.1, 0.15) is 18.1 Å². The third-order valence-corrected chi connectivity index (χ3v) is 7.14. The van der Waals surface area contributed by atoms with E-state index in [2.05, 4.69) is 9.46 Å². The lowest BCUT2D eigenvalue weighted by Crippen LogP contribution is -2.40. The van der Waals surface area contributed by atoms with E-state index in [1.54, 1.807) is 18.2 Å². The van der Waals surface area contributed by atoms with Crippen LogP contribution in [0.3, 0.4) is 0 Å². The lowest BCUT2D eigenvalue weighted by molar-refractivity contribution is -0.274. The quantitative estimate of drug-likeness (QED) is 0.672. The molecule has 1 amide bonds. The molecule has 11 heteroatoms. The number of hydrogen-bond donors (Lipinski definition) is 1. The van der Waals surface area contributed by atoms with Gasteiger partial charge in [-0.2, -0.15) is 0 Å². The normalized spacial score (nSPS) is 16.8. The second-order valence-corrected chi connectivity index (χ2v) is 9.61. The number of sulfonamides is 1. The average Bonchev–Trinajstić information content (AvgIpc) is 3.58. The number of nitrogens with zero attached hydrogens (tertiary/aromatic N) is 1. The fourth-order valence-corrected chi connectivity index (χ4v) is 4.79. The van der Waals surface area contributed by atoms with Crippen molar-refractivity contribution in [2.75, 3.05) is 26.2 Å². The number of carbonyl (C=O) groups excluding carboxylic acids is 1. The van der Waals surface area contributed by atoms with Crippen LogP contribution in [0.2, 0.25) is 0 Å². The molecule has 0 unspecified atom stereocenters. The van der Waals surface area contributed by atoms with Crippen LogP contribution in [0.5, 0.6) is 11.5 Å². The molecule has 1 N–H and O–H groups in total. The molecule has 1 aliphatic carbocycles. The van der Waals surface area contributed by atoms with Gasteiger partial charge < -0.3 is 14.4 Å². The molecule has 0 bridgehead atoms. The summed E-state index contributed by atoms with van der Waals surface area (Å²) in [6.45, 7) is 0.871. The molecule has 0 spiro atoms. The van der Waals surface area contributed by atoms with Crippen LogP contribution in [0.1, 0.15) is 23.2 Å². The van der Waals surface area contributed by atoms with Crippen molar-refractivity contribution in [2.24, 2.45) is 0 Å². The molecule has 172 valence electrons. The van der Waals surface area contributed by atoms with E-state index < -0.39 is 16.4 Å². The topological polar surface area (TPSA) is 84.9 Å². The molecule has 1 fully saturated rings. The summed E-state index contributed by atoms with van der Waals surface area (Å²) in [5, 5.41) is -0.332. The smallest absolute Gasteiger partial charge is 0.491 e. The second-order valence-electron chi connectivity index (χ2n) is 7.56. The van der Waals surface area contributed by atoms with Gasteiger partial charge in [-0.05, 0) is 48.2 Å². The molecule has 2 aromatic rings. The average molecular weight is 470 g/mol. The Labute approximate surface area is 183 Å². The molecule has 32 heavy (non-hydrogen) atoms. The van der Waals surface area contributed by atoms with Gasteiger partial charge in [0.15, 0.2) is 0 Å². The van der Waals surface area contributed by atoms with Crippen molar-refractivity contribution < 1.29 is 35.9 Å². The highest BCUT2D eigenvalue weighted by molar-refractivity contribution is 7.90. The minimum absolute atomic E-state index is 0.111. The molecular formula is C21H21F3N2O5S. The first-order valence-corrected chi connectivity index (χ1v) is 11.6. The first-order valence-electron chi connectivity index (χ1n) is 10.0. The van der Waals surface area contributed by atoms with Gasteiger partial charge in [0.05, 0.1) is 17.4 Å². The van der Waals surface area contributed by atoms with Gasteiger partial charge >= 0.3 is 6.36 Å². The molecule has 1 saturated carbocycles. The zero-order chi connectivity index (χ0) is 22.9. The van der Waals surface area contributed by atoms with Crippen molar-refractivity contribution >= 4 is 15.9 Å². The van der Waals surface area contributed by atoms with Crippen molar-refractivity contribution in [1.82, 2.24) is 9.62 Å². The third-order valence-electron chi connectivity index (χ3n) is 5.19. The number of rotatable bonds is 7. The molecule has 4 rings (SSSR count). The Kier molecular flexibility index (Phi) is 6.04. The molecule has 1 aliphatic heterocycles. The van der Waals surface area contributed by atoms with E-state index in [1.807, 2.05) is 0 Å².